The van der Waals surface area contributed by atoms with Crippen molar-refractivity contribution in [1.82, 2.24) is 20.4 Å². The second kappa shape index (κ2) is 10.4. The molecular formula is C28H25IN5O5-. The molecule has 1 saturated heterocycles. The van der Waals surface area contributed by atoms with Gasteiger partial charge in [0, 0.05) is 0 Å². The molecule has 3 N–H and O–H groups in total. The Kier molecular flexibility index (Phi) is 6.75. The van der Waals surface area contributed by atoms with E-state index < -0.39 is 50.9 Å². The number of piperidine rings is 1. The summed E-state index contributed by atoms with van der Waals surface area (Å²) in [5.41, 5.74) is 2.51. The first kappa shape index (κ1) is 25.4. The Labute approximate surface area is 234 Å². The van der Waals surface area contributed by atoms with Gasteiger partial charge in [0.2, 0.25) is 0 Å². The first-order chi connectivity index (χ1) is 18.9. The first-order valence-electron chi connectivity index (χ1n) is 12.8. The van der Waals surface area contributed by atoms with Gasteiger partial charge in [-0.15, -0.1) is 0 Å². The summed E-state index contributed by atoms with van der Waals surface area (Å²) in [6, 6.07) is 14.0. The number of aromatic nitrogens is 2. The molecule has 3 heterocycles. The van der Waals surface area contributed by atoms with Crippen LogP contribution in [0.3, 0.4) is 0 Å². The molecule has 0 bridgehead atoms. The zero-order chi connectivity index (χ0) is 27.1. The normalized spacial score (nSPS) is 19.2. The van der Waals surface area contributed by atoms with Crippen LogP contribution in [0.15, 0.2) is 48.5 Å². The summed E-state index contributed by atoms with van der Waals surface area (Å²) in [6.07, 6.45) is 4.00. The quantitative estimate of drug-likeness (QED) is 0.233. The first-order valence-corrected chi connectivity index (χ1v) is 15.0. The molecule has 2 aliphatic heterocycles. The third-order valence-corrected chi connectivity index (χ3v) is 9.94. The van der Waals surface area contributed by atoms with Crippen molar-refractivity contribution >= 4 is 35.4 Å². The van der Waals surface area contributed by atoms with Gasteiger partial charge in [-0.25, -0.2) is 0 Å². The monoisotopic (exact) mass is 638 g/mol. The van der Waals surface area contributed by atoms with Crippen LogP contribution in [0.5, 0.6) is 0 Å². The Hall–Kier alpha value is -3.87. The zero-order valence-electron chi connectivity index (χ0n) is 20.8. The van der Waals surface area contributed by atoms with E-state index in [4.69, 9.17) is 0 Å². The van der Waals surface area contributed by atoms with Gasteiger partial charge in [-0.3, -0.25) is 0 Å². The van der Waals surface area contributed by atoms with Crippen LogP contribution >= 0.6 is 0 Å². The third-order valence-electron chi connectivity index (χ3n) is 7.31. The molecule has 39 heavy (non-hydrogen) atoms. The topological polar surface area (TPSA) is 141 Å². The second-order valence-corrected chi connectivity index (χ2v) is 13.0. The number of fused-ring (bicyclic) bond motifs is 1. The molecule has 1 saturated carbocycles. The number of H-pyrrole nitrogens is 1. The predicted octanol–water partition coefficient (Wildman–Crippen LogP) is -0.612. The van der Waals surface area contributed by atoms with Gasteiger partial charge in [0.05, 0.1) is 0 Å². The van der Waals surface area contributed by atoms with Crippen LogP contribution in [0.1, 0.15) is 70.0 Å². The molecule has 1 aliphatic carbocycles. The molecule has 11 heteroatoms. The number of benzene rings is 2. The summed E-state index contributed by atoms with van der Waals surface area (Å²) < 4.78 is 2.04. The molecule has 10 nitrogen and oxygen atoms in total. The summed E-state index contributed by atoms with van der Waals surface area (Å²) in [7, 11) is 0. The van der Waals surface area contributed by atoms with Crippen molar-refractivity contribution in [3.05, 3.63) is 78.1 Å². The van der Waals surface area contributed by atoms with E-state index in [1.54, 1.807) is 12.1 Å². The van der Waals surface area contributed by atoms with E-state index in [1.165, 1.54) is 6.42 Å². The maximum atomic E-state index is 13.1. The van der Waals surface area contributed by atoms with E-state index in [0.717, 1.165) is 36.1 Å². The van der Waals surface area contributed by atoms with E-state index in [-0.39, 0.29) is 36.3 Å². The third kappa shape index (κ3) is 5.10. The number of aromatic amines is 1. The van der Waals surface area contributed by atoms with Gasteiger partial charge in [0.1, 0.15) is 0 Å². The molecule has 3 aliphatic rings. The summed E-state index contributed by atoms with van der Waals surface area (Å²) >= 11 is -0.653. The van der Waals surface area contributed by atoms with E-state index in [1.807, 2.05) is 36.4 Å². The van der Waals surface area contributed by atoms with Gasteiger partial charge in [0.15, 0.2) is 0 Å². The molecule has 6 rings (SSSR count). The Balaban J connectivity index is 1.08. The van der Waals surface area contributed by atoms with Crippen LogP contribution in [0, 0.1) is 7.14 Å². The SMILES string of the molecule is O=C1CCC(N2C(=O)c3ccc([I-]c4ccc(CC(=O)Nc5cc(C6CCC6)[nH]n5)cc4)cc3C2=O)C(=O)N1. The Morgan fingerprint density at radius 2 is 1.69 bits per heavy atom. The molecule has 3 aromatic rings. The maximum absolute atomic E-state index is 13.1. The molecule has 0 spiro atoms. The fourth-order valence-corrected chi connectivity index (χ4v) is 7.26. The summed E-state index contributed by atoms with van der Waals surface area (Å²) in [5, 5.41) is 12.3. The minimum absolute atomic E-state index is 0.0859. The molecule has 5 amide bonds. The molecule has 1 unspecified atom stereocenters. The molecule has 1 aromatic heterocycles. The number of amides is 5. The van der Waals surface area contributed by atoms with Crippen LogP contribution < -0.4 is 31.8 Å². The van der Waals surface area contributed by atoms with Gasteiger partial charge in [-0.05, 0) is 0 Å². The van der Waals surface area contributed by atoms with Crippen molar-refractivity contribution in [2.75, 3.05) is 5.32 Å². The number of nitrogens with one attached hydrogen (secondary N) is 3. The number of imide groups is 2. The Morgan fingerprint density at radius 3 is 2.41 bits per heavy atom. The summed E-state index contributed by atoms with van der Waals surface area (Å²) in [4.78, 5) is 63.2. The number of hydrogen-bond donors (Lipinski definition) is 3. The van der Waals surface area contributed by atoms with Crippen molar-refractivity contribution in [2.45, 2.75) is 50.5 Å². The van der Waals surface area contributed by atoms with Gasteiger partial charge in [-0.2, -0.15) is 0 Å². The standard InChI is InChI=1S/C28H25IN5O5/c35-24-11-10-22(26(37)31-24)34-27(38)19-9-8-18(13-20(19)28(34)39)29-17-6-4-15(5-7-17)12-25(36)30-23-14-21(32-33-23)16-2-1-3-16/h4-9,13-14,16,22H,1-3,10-12H2,(H,31,35,37)(H2,30,32,33,36)/q-1. The van der Waals surface area contributed by atoms with Crippen LogP contribution in [0.2, 0.25) is 0 Å². The van der Waals surface area contributed by atoms with Crippen molar-refractivity contribution in [3.63, 3.8) is 0 Å². The number of rotatable bonds is 7. The second-order valence-electron chi connectivity index (χ2n) is 9.92. The van der Waals surface area contributed by atoms with Crippen LogP contribution in [0.25, 0.3) is 0 Å². The molecular weight excluding hydrogens is 613 g/mol. The number of nitrogens with zero attached hydrogens (tertiary/aromatic N) is 2. The van der Waals surface area contributed by atoms with Crippen molar-refractivity contribution in [2.24, 2.45) is 0 Å². The number of halogens is 1. The van der Waals surface area contributed by atoms with E-state index >= 15 is 0 Å². The predicted molar refractivity (Wildman–Crippen MR) is 134 cm³/mol. The van der Waals surface area contributed by atoms with Crippen LogP contribution in [-0.2, 0) is 20.8 Å². The van der Waals surface area contributed by atoms with Gasteiger partial charge in [0.25, 0.3) is 0 Å². The zero-order valence-corrected chi connectivity index (χ0v) is 23.0. The van der Waals surface area contributed by atoms with Crippen LogP contribution in [0.4, 0.5) is 5.82 Å². The molecule has 200 valence electrons. The number of carbonyl (C=O) groups is 5. The van der Waals surface area contributed by atoms with E-state index in [2.05, 4.69) is 20.8 Å². The average molecular weight is 638 g/mol. The molecule has 0 radical (unpaired) electrons. The van der Waals surface area contributed by atoms with E-state index in [9.17, 15) is 24.0 Å². The minimum atomic E-state index is -0.976. The average Bonchev–Trinajstić information content (AvgIpc) is 3.41. The number of carbonyl (C=O) groups excluding carboxylic acids is 5. The van der Waals surface area contributed by atoms with Crippen molar-refractivity contribution < 1.29 is 45.2 Å². The van der Waals surface area contributed by atoms with Gasteiger partial charge in [-0.1, -0.05) is 6.42 Å². The van der Waals surface area contributed by atoms with E-state index in [0.29, 0.717) is 11.7 Å². The van der Waals surface area contributed by atoms with Crippen molar-refractivity contribution in [1.29, 1.82) is 0 Å². The Bertz CT molecular complexity index is 1510. The summed E-state index contributed by atoms with van der Waals surface area (Å²) in [6.45, 7) is 0. The Morgan fingerprint density at radius 1 is 0.949 bits per heavy atom. The molecule has 2 aromatic carbocycles. The molecule has 1 atom stereocenters. The molecule has 2 fully saturated rings. The fourth-order valence-electron chi connectivity index (χ4n) is 4.99. The van der Waals surface area contributed by atoms with Gasteiger partial charge < -0.3 is 0 Å². The van der Waals surface area contributed by atoms with Crippen molar-refractivity contribution in [3.8, 4) is 0 Å². The number of anilines is 1. The fraction of sp³-hybridized carbons (Fsp3) is 0.286. The van der Waals surface area contributed by atoms with Crippen LogP contribution in [-0.4, -0.2) is 50.7 Å². The number of hydrogen-bond acceptors (Lipinski definition) is 6. The summed E-state index contributed by atoms with van der Waals surface area (Å²) in [5.74, 6) is -1.10. The van der Waals surface area contributed by atoms with Gasteiger partial charge >= 0.3 is 228 Å².